The number of halogens is 2. The van der Waals surface area contributed by atoms with Crippen molar-refractivity contribution in [2.75, 3.05) is 0 Å². The predicted octanol–water partition coefficient (Wildman–Crippen LogP) is 8.47. The summed E-state index contributed by atoms with van der Waals surface area (Å²) in [6.45, 7) is 2.54. The smallest absolute Gasteiger partial charge is 0.200 e. The van der Waals surface area contributed by atoms with Gasteiger partial charge in [0.2, 0.25) is 5.43 Å². The third kappa shape index (κ3) is 5.61. The highest BCUT2D eigenvalue weighted by molar-refractivity contribution is 6.31. The maximum absolute atomic E-state index is 13.3. The highest BCUT2D eigenvalue weighted by atomic mass is 35.5. The van der Waals surface area contributed by atoms with Crippen molar-refractivity contribution in [1.29, 1.82) is 0 Å². The number of hydrogen-bond acceptors (Lipinski definition) is 3. The summed E-state index contributed by atoms with van der Waals surface area (Å²) in [6, 6.07) is 18.6. The van der Waals surface area contributed by atoms with Gasteiger partial charge in [0, 0.05) is 21.7 Å². The van der Waals surface area contributed by atoms with E-state index in [1.807, 2.05) is 48.5 Å². The Labute approximate surface area is 203 Å². The minimum absolute atomic E-state index is 0.0639. The number of unbranched alkanes of at least 4 members (excludes halogenated alkanes) is 3. The van der Waals surface area contributed by atoms with Crippen molar-refractivity contribution in [3.05, 3.63) is 98.3 Å². The maximum atomic E-state index is 13.3. The Kier molecular flexibility index (Phi) is 7.74. The molecule has 4 aromatic rings. The van der Waals surface area contributed by atoms with Crippen LogP contribution in [0.3, 0.4) is 0 Å². The lowest BCUT2D eigenvalue weighted by atomic mass is 10.0. The van der Waals surface area contributed by atoms with Gasteiger partial charge in [-0.05, 0) is 48.2 Å². The van der Waals surface area contributed by atoms with Crippen molar-refractivity contribution in [2.24, 2.45) is 0 Å². The van der Waals surface area contributed by atoms with Crippen molar-refractivity contribution >= 4 is 34.2 Å². The molecule has 0 N–H and O–H groups in total. The molecule has 0 aliphatic carbocycles. The molecule has 0 saturated heterocycles. The van der Waals surface area contributed by atoms with Gasteiger partial charge >= 0.3 is 0 Å². The molecule has 0 aliphatic heterocycles. The van der Waals surface area contributed by atoms with Gasteiger partial charge in [0.15, 0.2) is 0 Å². The lowest BCUT2D eigenvalue weighted by molar-refractivity contribution is 0.302. The largest absolute Gasteiger partial charge is 0.488 e. The van der Waals surface area contributed by atoms with Gasteiger partial charge in [-0.25, -0.2) is 0 Å². The first-order chi connectivity index (χ1) is 16.1. The third-order valence-corrected chi connectivity index (χ3v) is 6.37. The molecule has 3 aromatic carbocycles. The van der Waals surface area contributed by atoms with Crippen molar-refractivity contribution in [1.82, 2.24) is 0 Å². The van der Waals surface area contributed by atoms with Crippen LogP contribution in [0, 0.1) is 0 Å². The molecule has 0 bridgehead atoms. The molecule has 5 heteroatoms. The van der Waals surface area contributed by atoms with Crippen LogP contribution in [0.5, 0.6) is 5.75 Å². The Morgan fingerprint density at radius 3 is 2.45 bits per heavy atom. The molecule has 1 aromatic heterocycles. The monoisotopic (exact) mass is 480 g/mol. The number of ether oxygens (including phenoxy) is 1. The average Bonchev–Trinajstić information content (AvgIpc) is 2.82. The molecule has 3 nitrogen and oxygen atoms in total. The van der Waals surface area contributed by atoms with E-state index in [0.717, 1.165) is 41.7 Å². The summed E-state index contributed by atoms with van der Waals surface area (Å²) >= 11 is 12.3. The Morgan fingerprint density at radius 2 is 1.70 bits per heavy atom. The normalized spacial score (nSPS) is 11.1. The SMILES string of the molecule is CCCCCCc1cc2c(=O)c(-c3ccc(Cl)cc3)coc2cc1OCc1ccccc1Cl. The molecule has 33 heavy (non-hydrogen) atoms. The molecule has 170 valence electrons. The van der Waals surface area contributed by atoms with Crippen molar-refractivity contribution < 1.29 is 9.15 Å². The van der Waals surface area contributed by atoms with Gasteiger partial charge in [-0.2, -0.15) is 0 Å². The molecule has 0 unspecified atom stereocenters. The van der Waals surface area contributed by atoms with Gasteiger partial charge in [0.25, 0.3) is 0 Å². The lowest BCUT2D eigenvalue weighted by Crippen LogP contribution is -2.07. The van der Waals surface area contributed by atoms with E-state index in [2.05, 4.69) is 6.92 Å². The molecule has 0 radical (unpaired) electrons. The Bertz CT molecular complexity index is 1290. The zero-order valence-electron chi connectivity index (χ0n) is 18.6. The maximum Gasteiger partial charge on any atom is 0.200 e. The van der Waals surface area contributed by atoms with E-state index in [1.54, 1.807) is 12.1 Å². The van der Waals surface area contributed by atoms with E-state index in [9.17, 15) is 4.79 Å². The van der Waals surface area contributed by atoms with Crippen LogP contribution in [0.4, 0.5) is 0 Å². The topological polar surface area (TPSA) is 39.4 Å². The summed E-state index contributed by atoms with van der Waals surface area (Å²) in [6.07, 6.45) is 6.86. The van der Waals surface area contributed by atoms with Crippen LogP contribution in [0.1, 0.15) is 43.7 Å². The van der Waals surface area contributed by atoms with Crippen LogP contribution in [0.15, 0.2) is 76.1 Å². The summed E-state index contributed by atoms with van der Waals surface area (Å²) in [5, 5.41) is 1.85. The summed E-state index contributed by atoms with van der Waals surface area (Å²) in [4.78, 5) is 13.3. The third-order valence-electron chi connectivity index (χ3n) is 5.75. The zero-order chi connectivity index (χ0) is 23.2. The van der Waals surface area contributed by atoms with E-state index in [4.69, 9.17) is 32.4 Å². The molecular formula is C28H26Cl2O3. The lowest BCUT2D eigenvalue weighted by Gasteiger charge is -2.14. The number of rotatable bonds is 9. The second-order valence-corrected chi connectivity index (χ2v) is 8.98. The van der Waals surface area contributed by atoms with Crippen LogP contribution in [0.2, 0.25) is 10.0 Å². The molecule has 4 rings (SSSR count). The predicted molar refractivity (Wildman–Crippen MR) is 137 cm³/mol. The zero-order valence-corrected chi connectivity index (χ0v) is 20.1. The van der Waals surface area contributed by atoms with E-state index in [-0.39, 0.29) is 5.43 Å². The molecule has 1 heterocycles. The van der Waals surface area contributed by atoms with E-state index < -0.39 is 0 Å². The second-order valence-electron chi connectivity index (χ2n) is 8.13. The van der Waals surface area contributed by atoms with Crippen LogP contribution in [0.25, 0.3) is 22.1 Å². The fourth-order valence-electron chi connectivity index (χ4n) is 3.87. The summed E-state index contributed by atoms with van der Waals surface area (Å²) in [5.74, 6) is 0.723. The summed E-state index contributed by atoms with van der Waals surface area (Å²) < 4.78 is 12.1. The fraction of sp³-hybridized carbons (Fsp3) is 0.250. The van der Waals surface area contributed by atoms with Crippen LogP contribution < -0.4 is 10.2 Å². The van der Waals surface area contributed by atoms with Gasteiger partial charge in [-0.15, -0.1) is 0 Å². The van der Waals surface area contributed by atoms with Gasteiger partial charge in [-0.1, -0.05) is 79.7 Å². The second kappa shape index (κ2) is 10.9. The Hall–Kier alpha value is -2.75. The first kappa shape index (κ1) is 23.4. The van der Waals surface area contributed by atoms with Crippen LogP contribution in [-0.2, 0) is 13.0 Å². The molecule has 0 atom stereocenters. The first-order valence-electron chi connectivity index (χ1n) is 11.3. The average molecular weight is 481 g/mol. The number of fused-ring (bicyclic) bond motifs is 1. The number of benzene rings is 3. The van der Waals surface area contributed by atoms with Gasteiger partial charge < -0.3 is 9.15 Å². The standard InChI is InChI=1S/C28H26Cl2O3/c1-2-3-4-5-8-20-15-23-27(16-26(20)32-17-21-9-6-7-10-25(21)30)33-18-24(28(23)31)19-11-13-22(29)14-12-19/h6-7,9-16,18H,2-5,8,17H2,1H3. The quantitative estimate of drug-likeness (QED) is 0.225. The molecule has 0 fully saturated rings. The van der Waals surface area contributed by atoms with Crippen molar-refractivity contribution in [2.45, 2.75) is 45.6 Å². The van der Waals surface area contributed by atoms with E-state index in [0.29, 0.717) is 33.2 Å². The van der Waals surface area contributed by atoms with E-state index in [1.165, 1.54) is 19.1 Å². The Morgan fingerprint density at radius 1 is 0.909 bits per heavy atom. The molecule has 0 saturated carbocycles. The first-order valence-corrected chi connectivity index (χ1v) is 12.0. The fourth-order valence-corrected chi connectivity index (χ4v) is 4.19. The molecular weight excluding hydrogens is 455 g/mol. The van der Waals surface area contributed by atoms with Gasteiger partial charge in [0.05, 0.1) is 10.9 Å². The number of hydrogen-bond donors (Lipinski definition) is 0. The highest BCUT2D eigenvalue weighted by Crippen LogP contribution is 2.30. The van der Waals surface area contributed by atoms with Gasteiger partial charge in [0.1, 0.15) is 24.2 Å². The van der Waals surface area contributed by atoms with E-state index >= 15 is 0 Å². The highest BCUT2D eigenvalue weighted by Gasteiger charge is 2.14. The van der Waals surface area contributed by atoms with Crippen LogP contribution >= 0.6 is 23.2 Å². The summed E-state index contributed by atoms with van der Waals surface area (Å²) in [5.41, 5.74) is 3.65. The Balaban J connectivity index is 1.71. The van der Waals surface area contributed by atoms with Crippen molar-refractivity contribution in [3.63, 3.8) is 0 Å². The molecule has 0 spiro atoms. The van der Waals surface area contributed by atoms with Crippen LogP contribution in [-0.4, -0.2) is 0 Å². The minimum Gasteiger partial charge on any atom is -0.488 e. The van der Waals surface area contributed by atoms with Crippen molar-refractivity contribution in [3.8, 4) is 16.9 Å². The minimum atomic E-state index is -0.0639. The molecule has 0 aliphatic rings. The molecule has 0 amide bonds. The van der Waals surface area contributed by atoms with Gasteiger partial charge in [-0.3, -0.25) is 4.79 Å². The number of aryl methyl sites for hydroxylation is 1. The summed E-state index contributed by atoms with van der Waals surface area (Å²) in [7, 11) is 0.